The number of hydrogen-bond acceptors (Lipinski definition) is 1. The molecule has 1 aromatic rings. The highest BCUT2D eigenvalue weighted by Gasteiger charge is 2.34. The van der Waals surface area contributed by atoms with Gasteiger partial charge in [-0.2, -0.15) is 0 Å². The summed E-state index contributed by atoms with van der Waals surface area (Å²) in [5.74, 6) is -0.868. The molecule has 1 saturated carbocycles. The van der Waals surface area contributed by atoms with Crippen LogP contribution in [0, 0.1) is 11.7 Å². The molecule has 1 aliphatic carbocycles. The van der Waals surface area contributed by atoms with Crippen LogP contribution in [0.4, 0.5) is 4.39 Å². The zero-order chi connectivity index (χ0) is 10.1. The molecule has 0 heterocycles. The fourth-order valence-corrected chi connectivity index (χ4v) is 1.83. The Morgan fingerprint density at radius 2 is 1.86 bits per heavy atom. The molecule has 2 rings (SSSR count). The topological polar surface area (TPSA) is 37.3 Å². The highest BCUT2D eigenvalue weighted by atomic mass is 19.1. The smallest absolute Gasteiger partial charge is 0.306 e. The molecule has 0 atom stereocenters. The molecule has 0 bridgehead atoms. The van der Waals surface area contributed by atoms with E-state index in [0.717, 1.165) is 5.56 Å². The summed E-state index contributed by atoms with van der Waals surface area (Å²) in [5, 5.41) is 8.68. The zero-order valence-electron chi connectivity index (χ0n) is 7.61. The van der Waals surface area contributed by atoms with Crippen LogP contribution < -0.4 is 0 Å². The van der Waals surface area contributed by atoms with Gasteiger partial charge in [-0.15, -0.1) is 0 Å². The molecule has 1 aliphatic rings. The summed E-state index contributed by atoms with van der Waals surface area (Å²) < 4.78 is 12.6. The Balaban J connectivity index is 2.00. The maximum Gasteiger partial charge on any atom is 0.306 e. The van der Waals surface area contributed by atoms with Crippen molar-refractivity contribution >= 4 is 5.97 Å². The molecule has 0 amide bonds. The van der Waals surface area contributed by atoms with Gasteiger partial charge in [0.05, 0.1) is 5.92 Å². The number of carbonyl (C=O) groups is 1. The van der Waals surface area contributed by atoms with Crippen LogP contribution in [0.25, 0.3) is 0 Å². The van der Waals surface area contributed by atoms with Gasteiger partial charge in [0.15, 0.2) is 0 Å². The van der Waals surface area contributed by atoms with Crippen molar-refractivity contribution in [3.05, 3.63) is 35.6 Å². The molecule has 0 unspecified atom stereocenters. The average Bonchev–Trinajstić information content (AvgIpc) is 2.05. The lowest BCUT2D eigenvalue weighted by Crippen LogP contribution is -2.28. The van der Waals surface area contributed by atoms with Gasteiger partial charge in [0.1, 0.15) is 5.82 Å². The molecule has 0 aromatic heterocycles. The molecule has 1 N–H and O–H groups in total. The van der Waals surface area contributed by atoms with E-state index in [1.807, 2.05) is 0 Å². The fourth-order valence-electron chi connectivity index (χ4n) is 1.83. The monoisotopic (exact) mass is 194 g/mol. The van der Waals surface area contributed by atoms with E-state index in [-0.39, 0.29) is 11.7 Å². The number of halogens is 1. The number of benzene rings is 1. The summed E-state index contributed by atoms with van der Waals surface area (Å²) in [6.07, 6.45) is 1.36. The second-order valence-corrected chi connectivity index (χ2v) is 3.76. The van der Waals surface area contributed by atoms with Crippen molar-refractivity contribution in [1.82, 2.24) is 0 Å². The maximum atomic E-state index is 12.6. The molecule has 0 spiro atoms. The Labute approximate surface area is 81.4 Å². The van der Waals surface area contributed by atoms with Gasteiger partial charge in [-0.25, -0.2) is 4.39 Å². The highest BCUT2D eigenvalue weighted by Crippen LogP contribution is 2.41. The van der Waals surface area contributed by atoms with E-state index in [1.165, 1.54) is 12.1 Å². The molecular formula is C11H11FO2. The predicted molar refractivity (Wildman–Crippen MR) is 49.5 cm³/mol. The van der Waals surface area contributed by atoms with Crippen LogP contribution in [0.15, 0.2) is 24.3 Å². The molecule has 74 valence electrons. The third-order valence-corrected chi connectivity index (χ3v) is 2.83. The minimum atomic E-state index is -0.719. The molecule has 1 fully saturated rings. The number of rotatable bonds is 2. The van der Waals surface area contributed by atoms with Gasteiger partial charge >= 0.3 is 5.97 Å². The van der Waals surface area contributed by atoms with Gasteiger partial charge in [-0.05, 0) is 36.5 Å². The first-order valence-corrected chi connectivity index (χ1v) is 4.65. The van der Waals surface area contributed by atoms with Crippen LogP contribution in [0.5, 0.6) is 0 Å². The minimum Gasteiger partial charge on any atom is -0.481 e. The standard InChI is InChI=1S/C11H11FO2/c12-10-3-1-7(2-4-10)8-5-9(6-8)11(13)14/h1-4,8-9H,5-6H2,(H,13,14)/t8-,9+. The lowest BCUT2D eigenvalue weighted by atomic mass is 9.71. The van der Waals surface area contributed by atoms with Crippen molar-refractivity contribution in [2.45, 2.75) is 18.8 Å². The third-order valence-electron chi connectivity index (χ3n) is 2.83. The van der Waals surface area contributed by atoms with Crippen molar-refractivity contribution in [1.29, 1.82) is 0 Å². The molecule has 1 aromatic carbocycles. The average molecular weight is 194 g/mol. The van der Waals surface area contributed by atoms with Crippen LogP contribution in [0.2, 0.25) is 0 Å². The maximum absolute atomic E-state index is 12.6. The summed E-state index contributed by atoms with van der Waals surface area (Å²) in [7, 11) is 0. The van der Waals surface area contributed by atoms with Gasteiger partial charge in [0.2, 0.25) is 0 Å². The molecule has 0 saturated heterocycles. The van der Waals surface area contributed by atoms with Crippen molar-refractivity contribution in [3.8, 4) is 0 Å². The summed E-state index contributed by atoms with van der Waals surface area (Å²) in [6.45, 7) is 0. The molecule has 2 nitrogen and oxygen atoms in total. The predicted octanol–water partition coefficient (Wildman–Crippen LogP) is 2.40. The molecular weight excluding hydrogens is 183 g/mol. The summed E-state index contributed by atoms with van der Waals surface area (Å²) in [4.78, 5) is 10.6. The third kappa shape index (κ3) is 1.62. The highest BCUT2D eigenvalue weighted by molar-refractivity contribution is 5.71. The molecule has 0 radical (unpaired) electrons. The second-order valence-electron chi connectivity index (χ2n) is 3.76. The molecule has 3 heteroatoms. The Kier molecular flexibility index (Phi) is 2.23. The summed E-state index contributed by atoms with van der Waals surface area (Å²) >= 11 is 0. The van der Waals surface area contributed by atoms with Crippen molar-refractivity contribution in [3.63, 3.8) is 0 Å². The van der Waals surface area contributed by atoms with E-state index in [9.17, 15) is 9.18 Å². The van der Waals surface area contributed by atoms with E-state index < -0.39 is 5.97 Å². The van der Waals surface area contributed by atoms with Gasteiger partial charge in [0.25, 0.3) is 0 Å². The zero-order valence-corrected chi connectivity index (χ0v) is 7.61. The van der Waals surface area contributed by atoms with Crippen LogP contribution in [0.1, 0.15) is 24.3 Å². The van der Waals surface area contributed by atoms with E-state index in [4.69, 9.17) is 5.11 Å². The Hall–Kier alpha value is -1.38. The van der Waals surface area contributed by atoms with Gasteiger partial charge in [0, 0.05) is 0 Å². The number of carboxylic acids is 1. The van der Waals surface area contributed by atoms with E-state index in [2.05, 4.69) is 0 Å². The number of hydrogen-bond donors (Lipinski definition) is 1. The lowest BCUT2D eigenvalue weighted by Gasteiger charge is -2.32. The van der Waals surface area contributed by atoms with Crippen LogP contribution in [-0.4, -0.2) is 11.1 Å². The first kappa shape index (κ1) is 9.19. The Bertz CT molecular complexity index is 339. The van der Waals surface area contributed by atoms with Gasteiger partial charge in [-0.3, -0.25) is 4.79 Å². The fraction of sp³-hybridized carbons (Fsp3) is 0.364. The van der Waals surface area contributed by atoms with Crippen LogP contribution in [0.3, 0.4) is 0 Å². The van der Waals surface area contributed by atoms with Crippen molar-refractivity contribution in [2.24, 2.45) is 5.92 Å². The number of carboxylic acid groups (broad SMARTS) is 1. The van der Waals surface area contributed by atoms with Gasteiger partial charge in [-0.1, -0.05) is 12.1 Å². The van der Waals surface area contributed by atoms with Crippen LogP contribution in [-0.2, 0) is 4.79 Å². The quantitative estimate of drug-likeness (QED) is 0.784. The first-order valence-electron chi connectivity index (χ1n) is 4.65. The summed E-state index contributed by atoms with van der Waals surface area (Å²) in [6, 6.07) is 6.31. The Morgan fingerprint density at radius 3 is 2.36 bits per heavy atom. The SMILES string of the molecule is O=C(O)[C@H]1C[C@@H](c2ccc(F)cc2)C1. The van der Waals surface area contributed by atoms with Crippen molar-refractivity contribution < 1.29 is 14.3 Å². The number of aliphatic carboxylic acids is 1. The largest absolute Gasteiger partial charge is 0.481 e. The normalized spacial score (nSPS) is 25.5. The van der Waals surface area contributed by atoms with E-state index >= 15 is 0 Å². The first-order chi connectivity index (χ1) is 6.66. The molecule has 14 heavy (non-hydrogen) atoms. The minimum absolute atomic E-state index is 0.204. The molecule has 0 aliphatic heterocycles. The van der Waals surface area contributed by atoms with Crippen LogP contribution >= 0.6 is 0 Å². The lowest BCUT2D eigenvalue weighted by molar-refractivity contribution is -0.145. The second kappa shape index (κ2) is 3.40. The van der Waals surface area contributed by atoms with E-state index in [0.29, 0.717) is 18.8 Å². The summed E-state index contributed by atoms with van der Waals surface area (Å²) in [5.41, 5.74) is 1.05. The van der Waals surface area contributed by atoms with E-state index in [1.54, 1.807) is 12.1 Å². The van der Waals surface area contributed by atoms with Gasteiger partial charge < -0.3 is 5.11 Å². The van der Waals surface area contributed by atoms with Crippen molar-refractivity contribution in [2.75, 3.05) is 0 Å². The Morgan fingerprint density at radius 1 is 1.29 bits per heavy atom.